The molecule has 1 amide bonds. The van der Waals surface area contributed by atoms with Crippen LogP contribution < -0.4 is 14.9 Å². The zero-order valence-corrected chi connectivity index (χ0v) is 25.8. The van der Waals surface area contributed by atoms with Crippen molar-refractivity contribution in [3.05, 3.63) is 87.8 Å². The van der Waals surface area contributed by atoms with Gasteiger partial charge in [-0.25, -0.2) is 30.1 Å². The number of hydrogen-bond acceptors (Lipinski definition) is 8. The van der Waals surface area contributed by atoms with Crippen LogP contribution in [-0.2, 0) is 40.6 Å². The second-order valence-electron chi connectivity index (χ2n) is 11.1. The minimum atomic E-state index is -4.01. The summed E-state index contributed by atoms with van der Waals surface area (Å²) in [5.41, 5.74) is 3.43. The molecule has 1 fully saturated rings. The molecular formula is C31H32ClN7O4S. The SMILES string of the molecule is [C-]#[N+]C[C@H]1CN(c2nc(CCc3ccoc3S(N)(=O)=O)nc3c2CCN(c2cccc4cccc(Cl)c24)C3)CCN1C(C)=O. The standard InChI is InChI=1S/C31H32ClN7O4S/c1-20(40)39-15-14-38(18-23(39)17-34-2)30-24-11-13-37(27-8-4-6-21-5-3-7-25(32)29(21)27)19-26(24)35-28(36-30)10-9-22-12-16-43-31(22)44(33,41)42/h3-8,12,16,23H,9-11,13-15,17-19H2,1H3,(H2,33,41,42)/t23-/m0/s1. The number of anilines is 2. The van der Waals surface area contributed by atoms with Gasteiger partial charge in [-0.2, -0.15) is 0 Å². The van der Waals surface area contributed by atoms with E-state index in [1.165, 1.54) is 13.2 Å². The fourth-order valence-corrected chi connectivity index (χ4v) is 7.31. The van der Waals surface area contributed by atoms with Crippen LogP contribution in [0.25, 0.3) is 15.6 Å². The van der Waals surface area contributed by atoms with Crippen LogP contribution in [0.4, 0.5) is 11.5 Å². The lowest BCUT2D eigenvalue weighted by molar-refractivity contribution is -0.131. The third-order valence-corrected chi connectivity index (χ3v) is 9.52. The van der Waals surface area contributed by atoms with Crippen LogP contribution in [0.3, 0.4) is 0 Å². The smallest absolute Gasteiger partial charge is 0.271 e. The highest BCUT2D eigenvalue weighted by Crippen LogP contribution is 2.37. The summed E-state index contributed by atoms with van der Waals surface area (Å²) in [5.74, 6) is 1.32. The van der Waals surface area contributed by atoms with Gasteiger partial charge in [-0.05, 0) is 36.4 Å². The number of furan rings is 1. The lowest BCUT2D eigenvalue weighted by Gasteiger charge is -2.41. The average Bonchev–Trinajstić information content (AvgIpc) is 3.49. The molecule has 0 saturated carbocycles. The number of nitrogens with two attached hydrogens (primary N) is 1. The molecular weight excluding hydrogens is 602 g/mol. The van der Waals surface area contributed by atoms with Gasteiger partial charge in [-0.1, -0.05) is 35.9 Å². The largest absolute Gasteiger partial charge is 0.451 e. The fraction of sp³-hybridized carbons (Fsp3) is 0.355. The number of amides is 1. The van der Waals surface area contributed by atoms with Gasteiger partial charge in [0.1, 0.15) is 17.7 Å². The molecule has 4 heterocycles. The Labute approximate surface area is 261 Å². The van der Waals surface area contributed by atoms with Crippen molar-refractivity contribution in [1.82, 2.24) is 14.9 Å². The van der Waals surface area contributed by atoms with Crippen LogP contribution in [0.5, 0.6) is 0 Å². The Morgan fingerprint density at radius 2 is 1.91 bits per heavy atom. The Morgan fingerprint density at radius 1 is 1.11 bits per heavy atom. The molecule has 0 aliphatic carbocycles. The molecule has 13 heteroatoms. The second-order valence-corrected chi connectivity index (χ2v) is 13.0. The first-order chi connectivity index (χ1) is 21.1. The molecule has 4 aromatic rings. The molecule has 2 aliphatic heterocycles. The van der Waals surface area contributed by atoms with E-state index in [4.69, 9.17) is 37.7 Å². The van der Waals surface area contributed by atoms with Gasteiger partial charge in [0, 0.05) is 61.7 Å². The predicted octanol–water partition coefficient (Wildman–Crippen LogP) is 3.83. The van der Waals surface area contributed by atoms with E-state index in [2.05, 4.69) is 20.7 Å². The number of aryl methyl sites for hydroxylation is 2. The number of rotatable bonds is 7. The minimum absolute atomic E-state index is 0.0427. The van der Waals surface area contributed by atoms with Crippen LogP contribution in [0.2, 0.25) is 5.02 Å². The molecule has 0 radical (unpaired) electrons. The number of aromatic nitrogens is 2. The lowest BCUT2D eigenvalue weighted by atomic mass is 10.0. The minimum Gasteiger partial charge on any atom is -0.451 e. The van der Waals surface area contributed by atoms with Gasteiger partial charge in [-0.15, -0.1) is 0 Å². The molecule has 2 aliphatic rings. The molecule has 2 N–H and O–H groups in total. The number of nitrogens with zero attached hydrogens (tertiary/aromatic N) is 6. The molecule has 1 saturated heterocycles. The molecule has 0 spiro atoms. The lowest BCUT2D eigenvalue weighted by Crippen LogP contribution is -2.56. The summed E-state index contributed by atoms with van der Waals surface area (Å²) in [6, 6.07) is 13.4. The van der Waals surface area contributed by atoms with E-state index in [1.807, 2.05) is 30.3 Å². The van der Waals surface area contributed by atoms with Gasteiger partial charge < -0.3 is 24.0 Å². The molecule has 44 heavy (non-hydrogen) atoms. The Bertz CT molecular complexity index is 1880. The maximum atomic E-state index is 12.3. The monoisotopic (exact) mass is 633 g/mol. The quantitative estimate of drug-likeness (QED) is 0.304. The van der Waals surface area contributed by atoms with E-state index in [1.54, 1.807) is 11.0 Å². The van der Waals surface area contributed by atoms with E-state index in [0.717, 1.165) is 40.1 Å². The maximum Gasteiger partial charge on any atom is 0.271 e. The summed E-state index contributed by atoms with van der Waals surface area (Å²) in [6.45, 7) is 12.0. The number of carbonyl (C=O) groups is 1. The third-order valence-electron chi connectivity index (χ3n) is 8.33. The summed E-state index contributed by atoms with van der Waals surface area (Å²) >= 11 is 6.67. The number of hydrogen-bond donors (Lipinski definition) is 1. The number of carbonyl (C=O) groups excluding carboxylic acids is 1. The topological polar surface area (TPSA) is 130 Å². The number of halogens is 1. The van der Waals surface area contributed by atoms with Crippen molar-refractivity contribution in [2.75, 3.05) is 42.5 Å². The van der Waals surface area contributed by atoms with Crippen molar-refractivity contribution < 1.29 is 17.6 Å². The number of primary sulfonamides is 1. The molecule has 1 atom stereocenters. The first-order valence-corrected chi connectivity index (χ1v) is 16.3. The van der Waals surface area contributed by atoms with Crippen LogP contribution in [-0.4, -0.2) is 68.0 Å². The number of fused-ring (bicyclic) bond motifs is 2. The summed E-state index contributed by atoms with van der Waals surface area (Å²) < 4.78 is 29.2. The molecule has 0 unspecified atom stereocenters. The van der Waals surface area contributed by atoms with Crippen molar-refractivity contribution in [2.24, 2.45) is 5.14 Å². The molecule has 2 aromatic carbocycles. The fourth-order valence-electron chi connectivity index (χ4n) is 6.31. The van der Waals surface area contributed by atoms with Crippen molar-refractivity contribution in [2.45, 2.75) is 43.9 Å². The van der Waals surface area contributed by atoms with E-state index in [9.17, 15) is 13.2 Å². The van der Waals surface area contributed by atoms with E-state index >= 15 is 0 Å². The highest BCUT2D eigenvalue weighted by molar-refractivity contribution is 7.89. The highest BCUT2D eigenvalue weighted by atomic mass is 35.5. The first kappa shape index (κ1) is 29.9. The Morgan fingerprint density at radius 3 is 2.66 bits per heavy atom. The van der Waals surface area contributed by atoms with Gasteiger partial charge >= 0.3 is 0 Å². The molecule has 228 valence electrons. The molecule has 11 nitrogen and oxygen atoms in total. The van der Waals surface area contributed by atoms with E-state index < -0.39 is 10.0 Å². The highest BCUT2D eigenvalue weighted by Gasteiger charge is 2.34. The summed E-state index contributed by atoms with van der Waals surface area (Å²) in [4.78, 5) is 32.1. The predicted molar refractivity (Wildman–Crippen MR) is 168 cm³/mol. The van der Waals surface area contributed by atoms with Gasteiger partial charge in [0.2, 0.25) is 17.5 Å². The van der Waals surface area contributed by atoms with Crippen LogP contribution in [0.15, 0.2) is 58.2 Å². The third kappa shape index (κ3) is 5.83. The average molecular weight is 634 g/mol. The van der Waals surface area contributed by atoms with Gasteiger partial charge in [0.05, 0.1) is 23.5 Å². The Hall–Kier alpha value is -4.18. The second kappa shape index (κ2) is 12.1. The van der Waals surface area contributed by atoms with E-state index in [-0.39, 0.29) is 23.6 Å². The Balaban J connectivity index is 1.37. The van der Waals surface area contributed by atoms with Gasteiger partial charge in [-0.3, -0.25) is 4.79 Å². The van der Waals surface area contributed by atoms with Gasteiger partial charge in [0.15, 0.2) is 0 Å². The first-order valence-electron chi connectivity index (χ1n) is 14.4. The van der Waals surface area contributed by atoms with Crippen molar-refractivity contribution >= 4 is 49.8 Å². The molecule has 0 bridgehead atoms. The maximum absolute atomic E-state index is 12.3. The van der Waals surface area contributed by atoms with Crippen molar-refractivity contribution in [1.29, 1.82) is 0 Å². The van der Waals surface area contributed by atoms with Crippen LogP contribution >= 0.6 is 11.6 Å². The zero-order chi connectivity index (χ0) is 31.0. The zero-order valence-electron chi connectivity index (χ0n) is 24.2. The van der Waals surface area contributed by atoms with Gasteiger partial charge in [0.25, 0.3) is 10.0 Å². The molecule has 2 aromatic heterocycles. The summed E-state index contributed by atoms with van der Waals surface area (Å²) in [5, 5.41) is 7.84. The number of sulfonamides is 1. The van der Waals surface area contributed by atoms with Crippen LogP contribution in [0, 0.1) is 6.57 Å². The number of benzene rings is 2. The van der Waals surface area contributed by atoms with Crippen molar-refractivity contribution in [3.8, 4) is 0 Å². The number of piperazine rings is 1. The van der Waals surface area contributed by atoms with Crippen LogP contribution in [0.1, 0.15) is 29.6 Å². The Kier molecular flexibility index (Phi) is 8.20. The van der Waals surface area contributed by atoms with E-state index in [0.29, 0.717) is 61.9 Å². The molecule has 6 rings (SSSR count). The summed E-state index contributed by atoms with van der Waals surface area (Å²) in [7, 11) is -4.01. The normalized spacial score (nSPS) is 17.0. The summed E-state index contributed by atoms with van der Waals surface area (Å²) in [6.07, 6.45) is 2.69. The van der Waals surface area contributed by atoms with Crippen molar-refractivity contribution in [3.63, 3.8) is 0 Å².